The van der Waals surface area contributed by atoms with E-state index in [1.54, 1.807) is 24.3 Å². The van der Waals surface area contributed by atoms with Crippen molar-refractivity contribution in [2.24, 2.45) is 0 Å². The van der Waals surface area contributed by atoms with Crippen LogP contribution < -0.4 is 9.47 Å². The molecule has 3 aromatic rings. The number of aliphatic carboxylic acids is 1. The van der Waals surface area contributed by atoms with Crippen molar-refractivity contribution in [3.8, 4) is 22.8 Å². The maximum atomic E-state index is 14.0. The van der Waals surface area contributed by atoms with Crippen LogP contribution in [0.3, 0.4) is 0 Å². The number of carbonyl (C=O) groups is 2. The SMILES string of the molecule is C1CC1.COc1ccc(F)c(-c2cc(C(=O)Oc3cccc(CCC(=O)O)c3)on2)c1. The molecule has 0 saturated heterocycles. The van der Waals surface area contributed by atoms with Crippen LogP contribution in [0.25, 0.3) is 11.3 Å². The van der Waals surface area contributed by atoms with Crippen LogP contribution in [0.2, 0.25) is 0 Å². The molecule has 4 rings (SSSR count). The van der Waals surface area contributed by atoms with Gasteiger partial charge in [0.2, 0.25) is 5.76 Å². The number of carboxylic acid groups (broad SMARTS) is 1. The van der Waals surface area contributed by atoms with E-state index < -0.39 is 17.8 Å². The fourth-order valence-electron chi connectivity index (χ4n) is 2.50. The van der Waals surface area contributed by atoms with Gasteiger partial charge in [-0.25, -0.2) is 9.18 Å². The summed E-state index contributed by atoms with van der Waals surface area (Å²) in [5, 5.41) is 12.5. The van der Waals surface area contributed by atoms with Crippen molar-refractivity contribution in [1.29, 1.82) is 0 Å². The smallest absolute Gasteiger partial charge is 0.382 e. The zero-order valence-electron chi connectivity index (χ0n) is 17.0. The highest BCUT2D eigenvalue weighted by molar-refractivity contribution is 5.89. The van der Waals surface area contributed by atoms with Crippen molar-refractivity contribution in [2.75, 3.05) is 7.11 Å². The van der Waals surface area contributed by atoms with E-state index in [0.29, 0.717) is 17.7 Å². The number of hydrogen-bond donors (Lipinski definition) is 1. The van der Waals surface area contributed by atoms with Crippen LogP contribution in [0.5, 0.6) is 11.5 Å². The van der Waals surface area contributed by atoms with E-state index in [4.69, 9.17) is 19.1 Å². The van der Waals surface area contributed by atoms with Crippen LogP contribution in [-0.4, -0.2) is 29.3 Å². The van der Waals surface area contributed by atoms with E-state index in [-0.39, 0.29) is 29.2 Å². The standard InChI is InChI=1S/C20H16FNO6.C3H6/c1-26-13-6-7-16(21)15(10-13)17-11-18(28-22-17)20(25)27-14-4-2-3-12(9-14)5-8-19(23)24;1-2-3-1/h2-4,6-7,9-11H,5,8H2,1H3,(H,23,24);1-3H2. The number of aromatic nitrogens is 1. The molecular weight excluding hydrogens is 405 g/mol. The lowest BCUT2D eigenvalue weighted by molar-refractivity contribution is -0.136. The van der Waals surface area contributed by atoms with E-state index in [1.165, 1.54) is 50.6 Å². The van der Waals surface area contributed by atoms with E-state index in [2.05, 4.69) is 5.16 Å². The molecule has 0 atom stereocenters. The maximum absolute atomic E-state index is 14.0. The monoisotopic (exact) mass is 427 g/mol. The second kappa shape index (κ2) is 10.4. The summed E-state index contributed by atoms with van der Waals surface area (Å²) >= 11 is 0. The number of halogens is 1. The Bertz CT molecular complexity index is 1060. The lowest BCUT2D eigenvalue weighted by Gasteiger charge is -2.04. The Hall–Kier alpha value is -3.68. The van der Waals surface area contributed by atoms with Gasteiger partial charge < -0.3 is 19.1 Å². The molecule has 1 N–H and O–H groups in total. The van der Waals surface area contributed by atoms with Crippen LogP contribution in [0, 0.1) is 5.82 Å². The van der Waals surface area contributed by atoms with Crippen LogP contribution in [0.15, 0.2) is 53.1 Å². The first-order valence-electron chi connectivity index (χ1n) is 9.80. The van der Waals surface area contributed by atoms with Gasteiger partial charge >= 0.3 is 11.9 Å². The molecule has 162 valence electrons. The minimum Gasteiger partial charge on any atom is -0.497 e. The third-order valence-electron chi connectivity index (χ3n) is 4.25. The number of ether oxygens (including phenoxy) is 2. The van der Waals surface area contributed by atoms with E-state index in [1.807, 2.05) is 0 Å². The molecule has 0 spiro atoms. The third kappa shape index (κ3) is 6.67. The fraction of sp³-hybridized carbons (Fsp3) is 0.261. The van der Waals surface area contributed by atoms with E-state index in [9.17, 15) is 14.0 Å². The molecule has 1 saturated carbocycles. The zero-order chi connectivity index (χ0) is 22.2. The van der Waals surface area contributed by atoms with Crippen molar-refractivity contribution in [2.45, 2.75) is 32.1 Å². The van der Waals surface area contributed by atoms with Gasteiger partial charge in [0.15, 0.2) is 0 Å². The summed E-state index contributed by atoms with van der Waals surface area (Å²) in [6.07, 6.45) is 4.78. The molecule has 1 aliphatic carbocycles. The number of carbonyl (C=O) groups excluding carboxylic acids is 1. The molecule has 0 unspecified atom stereocenters. The summed E-state index contributed by atoms with van der Waals surface area (Å²) in [5.41, 5.74) is 0.959. The molecule has 1 heterocycles. The summed E-state index contributed by atoms with van der Waals surface area (Å²) in [6.45, 7) is 0. The lowest BCUT2D eigenvalue weighted by Crippen LogP contribution is -2.07. The Balaban J connectivity index is 0.000000834. The highest BCUT2D eigenvalue weighted by Gasteiger charge is 2.19. The first kappa shape index (κ1) is 22.0. The molecule has 0 aliphatic heterocycles. The molecule has 0 amide bonds. The Morgan fingerprint density at radius 3 is 2.55 bits per heavy atom. The van der Waals surface area contributed by atoms with Gasteiger partial charge in [-0.1, -0.05) is 36.6 Å². The zero-order valence-corrected chi connectivity index (χ0v) is 17.0. The van der Waals surface area contributed by atoms with Gasteiger partial charge in [0, 0.05) is 18.1 Å². The van der Waals surface area contributed by atoms with Gasteiger partial charge in [-0.15, -0.1) is 0 Å². The highest BCUT2D eigenvalue weighted by Crippen LogP contribution is 2.27. The molecule has 7 nitrogen and oxygen atoms in total. The molecule has 1 aromatic heterocycles. The third-order valence-corrected chi connectivity index (χ3v) is 4.25. The van der Waals surface area contributed by atoms with Crippen molar-refractivity contribution < 1.29 is 33.1 Å². The second-order valence-electron chi connectivity index (χ2n) is 6.91. The summed E-state index contributed by atoms with van der Waals surface area (Å²) in [4.78, 5) is 22.9. The number of carboxylic acids is 1. The Labute approximate surface area is 178 Å². The summed E-state index contributed by atoms with van der Waals surface area (Å²) in [6, 6.07) is 11.9. The number of nitrogens with zero attached hydrogens (tertiary/aromatic N) is 1. The second-order valence-corrected chi connectivity index (χ2v) is 6.91. The normalized spacial score (nSPS) is 11.8. The quantitative estimate of drug-likeness (QED) is 0.423. The van der Waals surface area contributed by atoms with Gasteiger partial charge in [-0.2, -0.15) is 0 Å². The van der Waals surface area contributed by atoms with E-state index in [0.717, 1.165) is 0 Å². The summed E-state index contributed by atoms with van der Waals surface area (Å²) < 4.78 is 29.3. The molecule has 31 heavy (non-hydrogen) atoms. The highest BCUT2D eigenvalue weighted by atomic mass is 19.1. The fourth-order valence-corrected chi connectivity index (χ4v) is 2.50. The molecule has 1 aliphatic rings. The predicted molar refractivity (Wildman–Crippen MR) is 110 cm³/mol. The van der Waals surface area contributed by atoms with Crippen molar-refractivity contribution in [1.82, 2.24) is 5.16 Å². The molecular formula is C23H22FNO6. The molecule has 8 heteroatoms. The Morgan fingerprint density at radius 1 is 1.10 bits per heavy atom. The summed E-state index contributed by atoms with van der Waals surface area (Å²) in [7, 11) is 1.45. The van der Waals surface area contributed by atoms with Crippen LogP contribution in [0.1, 0.15) is 41.8 Å². The minimum absolute atomic E-state index is 0.0328. The Morgan fingerprint density at radius 2 is 1.87 bits per heavy atom. The van der Waals surface area contributed by atoms with Crippen molar-refractivity contribution in [3.05, 3.63) is 65.7 Å². The lowest BCUT2D eigenvalue weighted by atomic mass is 10.1. The topological polar surface area (TPSA) is 98.9 Å². The molecule has 1 fully saturated rings. The van der Waals surface area contributed by atoms with E-state index >= 15 is 0 Å². The maximum Gasteiger partial charge on any atom is 0.382 e. The summed E-state index contributed by atoms with van der Waals surface area (Å²) in [5.74, 6) is -1.80. The van der Waals surface area contributed by atoms with Crippen molar-refractivity contribution in [3.63, 3.8) is 0 Å². The minimum atomic E-state index is -0.915. The van der Waals surface area contributed by atoms with Gasteiger partial charge in [0.1, 0.15) is 23.0 Å². The molecule has 0 radical (unpaired) electrons. The predicted octanol–water partition coefficient (Wildman–Crippen LogP) is 4.90. The van der Waals surface area contributed by atoms with Gasteiger partial charge in [0.05, 0.1) is 7.11 Å². The Kier molecular flexibility index (Phi) is 7.37. The molecule has 0 bridgehead atoms. The number of aryl methyl sites for hydroxylation is 1. The first-order valence-corrected chi connectivity index (χ1v) is 9.80. The van der Waals surface area contributed by atoms with Crippen LogP contribution >= 0.6 is 0 Å². The molecule has 2 aromatic carbocycles. The number of esters is 1. The average molecular weight is 427 g/mol. The number of methoxy groups -OCH3 is 1. The largest absolute Gasteiger partial charge is 0.497 e. The average Bonchev–Trinajstić information content (AvgIpc) is 3.57. The van der Waals surface area contributed by atoms with Gasteiger partial charge in [-0.05, 0) is 42.3 Å². The van der Waals surface area contributed by atoms with Gasteiger partial charge in [-0.3, -0.25) is 4.79 Å². The van der Waals surface area contributed by atoms with Crippen LogP contribution in [-0.2, 0) is 11.2 Å². The van der Waals surface area contributed by atoms with Gasteiger partial charge in [0.25, 0.3) is 0 Å². The number of benzene rings is 2. The number of rotatable bonds is 7. The first-order chi connectivity index (χ1) is 15.0. The van der Waals surface area contributed by atoms with Crippen molar-refractivity contribution >= 4 is 11.9 Å². The number of hydrogen-bond acceptors (Lipinski definition) is 6. The van der Waals surface area contributed by atoms with Crippen LogP contribution in [0.4, 0.5) is 4.39 Å².